The minimum absolute atomic E-state index is 0.0158. The number of carbonyl (C=O) groups excluding carboxylic acids is 1. The maximum absolute atomic E-state index is 12.7. The highest BCUT2D eigenvalue weighted by Crippen LogP contribution is 2.28. The lowest BCUT2D eigenvalue weighted by atomic mass is 10.1. The Hall–Kier alpha value is -4.00. The lowest BCUT2D eigenvalue weighted by Crippen LogP contribution is -2.21. The monoisotopic (exact) mass is 373 g/mol. The van der Waals surface area contributed by atoms with E-state index >= 15 is 0 Å². The molecule has 0 N–H and O–H groups in total. The first kappa shape index (κ1) is 17.4. The van der Waals surface area contributed by atoms with Gasteiger partial charge >= 0.3 is 0 Å². The Morgan fingerprint density at radius 3 is 2.43 bits per heavy atom. The summed E-state index contributed by atoms with van der Waals surface area (Å²) in [6.07, 6.45) is 1.65. The van der Waals surface area contributed by atoms with Crippen molar-refractivity contribution in [3.8, 4) is 11.3 Å². The fourth-order valence-electron chi connectivity index (χ4n) is 2.90. The number of hydrogen-bond donors (Lipinski definition) is 0. The second kappa shape index (κ2) is 6.96. The number of nitro benzene ring substituents is 1. The van der Waals surface area contributed by atoms with Crippen molar-refractivity contribution in [1.29, 1.82) is 0 Å². The molecule has 0 spiro atoms. The van der Waals surface area contributed by atoms with Crippen LogP contribution < -0.4 is 5.01 Å². The van der Waals surface area contributed by atoms with Crippen molar-refractivity contribution in [1.82, 2.24) is 0 Å². The minimum Gasteiger partial charge on any atom is -0.457 e. The van der Waals surface area contributed by atoms with Gasteiger partial charge in [-0.2, -0.15) is 10.1 Å². The predicted octanol–water partition coefficient (Wildman–Crippen LogP) is 4.66. The van der Waals surface area contributed by atoms with Crippen LogP contribution in [0.1, 0.15) is 12.7 Å². The quantitative estimate of drug-likeness (QED) is 0.378. The Bertz CT molecular complexity index is 1110. The average Bonchev–Trinajstić information content (AvgIpc) is 3.29. The highest BCUT2D eigenvalue weighted by Gasteiger charge is 2.28. The number of nitrogens with zero attached hydrogens (tertiary/aromatic N) is 3. The minimum atomic E-state index is -0.450. The zero-order valence-corrected chi connectivity index (χ0v) is 14.9. The van der Waals surface area contributed by atoms with Crippen molar-refractivity contribution in [3.63, 3.8) is 0 Å². The van der Waals surface area contributed by atoms with Gasteiger partial charge in [-0.3, -0.25) is 14.9 Å². The van der Waals surface area contributed by atoms with E-state index in [4.69, 9.17) is 4.42 Å². The van der Waals surface area contributed by atoms with Gasteiger partial charge in [-0.25, -0.2) is 0 Å². The lowest BCUT2D eigenvalue weighted by Gasteiger charge is -2.10. The van der Waals surface area contributed by atoms with Gasteiger partial charge in [0.25, 0.3) is 11.6 Å². The zero-order valence-electron chi connectivity index (χ0n) is 14.9. The molecule has 0 unspecified atom stereocenters. The van der Waals surface area contributed by atoms with E-state index in [0.717, 1.165) is 0 Å². The summed E-state index contributed by atoms with van der Waals surface area (Å²) in [7, 11) is 0. The maximum Gasteiger partial charge on any atom is 0.280 e. The largest absolute Gasteiger partial charge is 0.457 e. The van der Waals surface area contributed by atoms with Crippen LogP contribution in [0.5, 0.6) is 0 Å². The van der Waals surface area contributed by atoms with E-state index < -0.39 is 4.92 Å². The van der Waals surface area contributed by atoms with E-state index in [9.17, 15) is 14.9 Å². The van der Waals surface area contributed by atoms with E-state index in [-0.39, 0.29) is 11.6 Å². The Morgan fingerprint density at radius 2 is 1.75 bits per heavy atom. The second-order valence-corrected chi connectivity index (χ2v) is 6.20. The van der Waals surface area contributed by atoms with Crippen molar-refractivity contribution >= 4 is 29.1 Å². The summed E-state index contributed by atoms with van der Waals surface area (Å²) in [5.41, 5.74) is 2.48. The van der Waals surface area contributed by atoms with Crippen LogP contribution in [0.3, 0.4) is 0 Å². The first-order valence-corrected chi connectivity index (χ1v) is 8.54. The fraction of sp³-hybridized carbons (Fsp3) is 0.0476. The zero-order chi connectivity index (χ0) is 19.7. The van der Waals surface area contributed by atoms with E-state index in [1.807, 2.05) is 30.3 Å². The smallest absolute Gasteiger partial charge is 0.280 e. The highest BCUT2D eigenvalue weighted by molar-refractivity contribution is 6.32. The van der Waals surface area contributed by atoms with Crippen molar-refractivity contribution in [2.45, 2.75) is 6.92 Å². The number of para-hydroxylation sites is 1. The standard InChI is InChI=1S/C21H15N3O4/c1-14-19(21(25)23(22-14)16-5-3-2-4-6-16)13-18-11-12-20(28-18)15-7-9-17(10-8-15)24(26)27/h2-13H,1H3. The number of anilines is 1. The molecule has 4 rings (SSSR count). The molecule has 3 aromatic rings. The Kier molecular flexibility index (Phi) is 4.33. The fourth-order valence-corrected chi connectivity index (χ4v) is 2.90. The summed E-state index contributed by atoms with van der Waals surface area (Å²) in [4.78, 5) is 23.1. The maximum atomic E-state index is 12.7. The number of nitro groups is 1. The average molecular weight is 373 g/mol. The molecule has 0 radical (unpaired) electrons. The summed E-state index contributed by atoms with van der Waals surface area (Å²) in [6, 6.07) is 18.8. The topological polar surface area (TPSA) is 89.0 Å². The molecular formula is C21H15N3O4. The first-order chi connectivity index (χ1) is 13.5. The molecule has 0 atom stereocenters. The third kappa shape index (κ3) is 3.21. The summed E-state index contributed by atoms with van der Waals surface area (Å²) >= 11 is 0. The molecule has 7 nitrogen and oxygen atoms in total. The Morgan fingerprint density at radius 1 is 1.04 bits per heavy atom. The number of carbonyl (C=O) groups is 1. The number of amides is 1. The van der Waals surface area contributed by atoms with Gasteiger partial charge in [0, 0.05) is 17.7 Å². The molecule has 1 aliphatic heterocycles. The number of hydrogen-bond acceptors (Lipinski definition) is 5. The highest BCUT2D eigenvalue weighted by atomic mass is 16.6. The Labute approximate surface area is 160 Å². The summed E-state index contributed by atoms with van der Waals surface area (Å²) < 4.78 is 5.80. The van der Waals surface area contributed by atoms with Gasteiger partial charge in [-0.05, 0) is 49.4 Å². The van der Waals surface area contributed by atoms with Gasteiger partial charge in [-0.15, -0.1) is 0 Å². The number of non-ortho nitro benzene ring substituents is 1. The Balaban J connectivity index is 1.59. The summed E-state index contributed by atoms with van der Waals surface area (Å²) in [6.45, 7) is 1.77. The van der Waals surface area contributed by atoms with Crippen LogP contribution in [0.4, 0.5) is 11.4 Å². The number of benzene rings is 2. The van der Waals surface area contributed by atoms with Gasteiger partial charge in [-0.1, -0.05) is 18.2 Å². The van der Waals surface area contributed by atoms with Gasteiger partial charge < -0.3 is 4.42 Å². The van der Waals surface area contributed by atoms with Crippen LogP contribution in [0, 0.1) is 10.1 Å². The molecule has 7 heteroatoms. The van der Waals surface area contributed by atoms with Crippen LogP contribution in [0.25, 0.3) is 17.4 Å². The van der Waals surface area contributed by atoms with Crippen LogP contribution in [0.2, 0.25) is 0 Å². The molecule has 28 heavy (non-hydrogen) atoms. The molecule has 0 aliphatic carbocycles. The van der Waals surface area contributed by atoms with Crippen LogP contribution in [-0.2, 0) is 4.79 Å². The summed E-state index contributed by atoms with van der Waals surface area (Å²) in [5, 5.41) is 16.5. The molecule has 1 aliphatic rings. The number of rotatable bonds is 4. The first-order valence-electron chi connectivity index (χ1n) is 8.54. The molecule has 2 heterocycles. The van der Waals surface area contributed by atoms with E-state index in [1.165, 1.54) is 17.1 Å². The predicted molar refractivity (Wildman–Crippen MR) is 106 cm³/mol. The molecule has 0 saturated heterocycles. The second-order valence-electron chi connectivity index (χ2n) is 6.20. The molecule has 0 fully saturated rings. The van der Waals surface area contributed by atoms with E-state index in [2.05, 4.69) is 5.10 Å². The third-order valence-corrected chi connectivity index (χ3v) is 4.34. The van der Waals surface area contributed by atoms with Gasteiger partial charge in [0.1, 0.15) is 11.5 Å². The molecule has 0 saturated carbocycles. The summed E-state index contributed by atoms with van der Waals surface area (Å²) in [5.74, 6) is 0.833. The SMILES string of the molecule is CC1=NN(c2ccccc2)C(=O)C1=Cc1ccc(-c2ccc([N+](=O)[O-])cc2)o1. The lowest BCUT2D eigenvalue weighted by molar-refractivity contribution is -0.384. The molecule has 1 aromatic heterocycles. The molecule has 0 bridgehead atoms. The van der Waals surface area contributed by atoms with E-state index in [1.54, 1.807) is 37.3 Å². The van der Waals surface area contributed by atoms with Gasteiger partial charge in [0.05, 0.1) is 21.9 Å². The molecule has 138 valence electrons. The number of furan rings is 1. The molecule has 2 aromatic carbocycles. The van der Waals surface area contributed by atoms with Crippen molar-refractivity contribution < 1.29 is 14.1 Å². The van der Waals surface area contributed by atoms with Crippen molar-refractivity contribution in [2.75, 3.05) is 5.01 Å². The number of hydrazone groups is 1. The van der Waals surface area contributed by atoms with Crippen molar-refractivity contribution in [3.05, 3.63) is 88.2 Å². The van der Waals surface area contributed by atoms with Crippen LogP contribution >= 0.6 is 0 Å². The van der Waals surface area contributed by atoms with Crippen molar-refractivity contribution in [2.24, 2.45) is 5.10 Å². The molecule has 1 amide bonds. The molecular weight excluding hydrogens is 358 g/mol. The van der Waals surface area contributed by atoms with Crippen LogP contribution in [0.15, 0.2) is 81.8 Å². The van der Waals surface area contributed by atoms with Gasteiger partial charge in [0.2, 0.25) is 0 Å². The van der Waals surface area contributed by atoms with Crippen LogP contribution in [-0.4, -0.2) is 16.5 Å². The van der Waals surface area contributed by atoms with E-state index in [0.29, 0.717) is 34.1 Å². The van der Waals surface area contributed by atoms with Gasteiger partial charge in [0.15, 0.2) is 0 Å². The normalized spacial score (nSPS) is 15.2. The third-order valence-electron chi connectivity index (χ3n) is 4.34.